The third-order valence-corrected chi connectivity index (χ3v) is 4.38. The summed E-state index contributed by atoms with van der Waals surface area (Å²) in [4.78, 5) is 2.20. The number of ether oxygens (including phenoxy) is 1. The Morgan fingerprint density at radius 1 is 1.41 bits per heavy atom. The number of hydrogen-bond donors (Lipinski definition) is 0. The molecule has 0 aromatic heterocycles. The molecule has 0 saturated heterocycles. The van der Waals surface area contributed by atoms with E-state index in [4.69, 9.17) is 16.3 Å². The van der Waals surface area contributed by atoms with Crippen LogP contribution in [0.15, 0.2) is 6.07 Å². The van der Waals surface area contributed by atoms with E-state index in [2.05, 4.69) is 34.8 Å². The predicted octanol–water partition coefficient (Wildman–Crippen LogP) is 3.79. The summed E-state index contributed by atoms with van der Waals surface area (Å²) in [6, 6.07) is 2.01. The highest BCUT2D eigenvalue weighted by atomic mass is 79.9. The molecule has 0 radical (unpaired) electrons. The average Bonchev–Trinajstić information content (AvgIpc) is 2.33. The number of nitrogens with zero attached hydrogens (tertiary/aromatic N) is 1. The van der Waals surface area contributed by atoms with Gasteiger partial charge in [0.2, 0.25) is 0 Å². The molecule has 1 aromatic carbocycles. The highest BCUT2D eigenvalue weighted by molar-refractivity contribution is 9.09. The molecule has 0 N–H and O–H groups in total. The van der Waals surface area contributed by atoms with Crippen LogP contribution in [0, 0.1) is 13.8 Å². The minimum atomic E-state index is 0.849. The van der Waals surface area contributed by atoms with E-state index >= 15 is 0 Å². The summed E-state index contributed by atoms with van der Waals surface area (Å²) >= 11 is 9.72. The topological polar surface area (TPSA) is 12.5 Å². The lowest BCUT2D eigenvalue weighted by atomic mass is 10.0. The second kappa shape index (κ2) is 6.62. The van der Waals surface area contributed by atoms with E-state index in [1.54, 1.807) is 7.11 Å². The second-order valence-corrected chi connectivity index (χ2v) is 5.14. The molecular weight excluding hydrogens is 302 g/mol. The van der Waals surface area contributed by atoms with Gasteiger partial charge in [-0.15, -0.1) is 0 Å². The molecule has 17 heavy (non-hydrogen) atoms. The Morgan fingerprint density at radius 2 is 2.06 bits per heavy atom. The van der Waals surface area contributed by atoms with Crippen LogP contribution in [0.2, 0.25) is 5.02 Å². The zero-order chi connectivity index (χ0) is 13.0. The van der Waals surface area contributed by atoms with Gasteiger partial charge in [0, 0.05) is 11.6 Å². The number of methoxy groups -OCH3 is 1. The van der Waals surface area contributed by atoms with E-state index in [-0.39, 0.29) is 0 Å². The first-order valence-electron chi connectivity index (χ1n) is 5.58. The Bertz CT molecular complexity index is 395. The van der Waals surface area contributed by atoms with Crippen molar-refractivity contribution < 1.29 is 4.74 Å². The minimum absolute atomic E-state index is 0.849. The first kappa shape index (κ1) is 14.8. The van der Waals surface area contributed by atoms with Crippen LogP contribution in [-0.4, -0.2) is 31.1 Å². The number of hydrogen-bond acceptors (Lipinski definition) is 2. The summed E-state index contributed by atoms with van der Waals surface area (Å²) in [5.74, 6) is 0.937. The molecule has 0 fully saturated rings. The number of aryl methyl sites for hydroxylation is 1. The lowest BCUT2D eigenvalue weighted by Crippen LogP contribution is -2.19. The zero-order valence-electron chi connectivity index (χ0n) is 10.8. The Labute approximate surface area is 117 Å². The van der Waals surface area contributed by atoms with Gasteiger partial charge in [-0.3, -0.25) is 4.90 Å². The number of likely N-dealkylation sites (N-methyl/N-ethyl adjacent to an activating group) is 1. The molecular formula is C13H19BrClNO. The van der Waals surface area contributed by atoms with Crippen molar-refractivity contribution in [2.45, 2.75) is 20.3 Å². The van der Waals surface area contributed by atoms with Crippen molar-refractivity contribution in [1.82, 2.24) is 4.90 Å². The largest absolute Gasteiger partial charge is 0.496 e. The van der Waals surface area contributed by atoms with Crippen molar-refractivity contribution in [3.8, 4) is 5.75 Å². The van der Waals surface area contributed by atoms with E-state index in [0.717, 1.165) is 40.3 Å². The predicted molar refractivity (Wildman–Crippen MR) is 77.6 cm³/mol. The van der Waals surface area contributed by atoms with Gasteiger partial charge in [0.25, 0.3) is 0 Å². The number of rotatable bonds is 5. The van der Waals surface area contributed by atoms with Gasteiger partial charge in [-0.1, -0.05) is 27.5 Å². The third kappa shape index (κ3) is 3.60. The molecule has 0 aliphatic rings. The van der Waals surface area contributed by atoms with Gasteiger partial charge in [-0.2, -0.15) is 0 Å². The van der Waals surface area contributed by atoms with Gasteiger partial charge in [-0.25, -0.2) is 0 Å². The van der Waals surface area contributed by atoms with E-state index in [1.165, 1.54) is 5.56 Å². The van der Waals surface area contributed by atoms with Crippen molar-refractivity contribution in [1.29, 1.82) is 0 Å². The Kier molecular flexibility index (Phi) is 5.77. The molecule has 96 valence electrons. The normalized spacial score (nSPS) is 11.0. The molecule has 2 nitrogen and oxygen atoms in total. The highest BCUT2D eigenvalue weighted by Gasteiger charge is 2.12. The lowest BCUT2D eigenvalue weighted by Gasteiger charge is -2.18. The van der Waals surface area contributed by atoms with E-state index in [9.17, 15) is 0 Å². The SMILES string of the molecule is COc1cc(C)c(Cl)c(C)c1CCN(C)CBr. The molecule has 0 saturated carbocycles. The molecule has 0 atom stereocenters. The van der Waals surface area contributed by atoms with Crippen LogP contribution in [0.3, 0.4) is 0 Å². The maximum absolute atomic E-state index is 6.28. The van der Waals surface area contributed by atoms with Gasteiger partial charge in [-0.05, 0) is 50.1 Å². The standard InChI is InChI=1S/C13H19BrClNO/c1-9-7-12(17-4)11(10(2)13(9)15)5-6-16(3)8-14/h7H,5-6,8H2,1-4H3. The van der Waals surface area contributed by atoms with Crippen molar-refractivity contribution in [2.24, 2.45) is 0 Å². The second-order valence-electron chi connectivity index (χ2n) is 4.26. The molecule has 0 bridgehead atoms. The van der Waals surface area contributed by atoms with Crippen LogP contribution in [0.25, 0.3) is 0 Å². The maximum atomic E-state index is 6.28. The fraction of sp³-hybridized carbons (Fsp3) is 0.538. The third-order valence-electron chi connectivity index (χ3n) is 2.94. The monoisotopic (exact) mass is 319 g/mol. The minimum Gasteiger partial charge on any atom is -0.496 e. The average molecular weight is 321 g/mol. The molecule has 0 heterocycles. The summed E-state index contributed by atoms with van der Waals surface area (Å²) in [5.41, 5.74) is 4.27. The molecule has 4 heteroatoms. The quantitative estimate of drug-likeness (QED) is 0.604. The first-order valence-corrected chi connectivity index (χ1v) is 7.08. The van der Waals surface area contributed by atoms with Gasteiger partial charge in [0.05, 0.1) is 12.6 Å². The number of alkyl halides is 1. The number of benzene rings is 1. The smallest absolute Gasteiger partial charge is 0.122 e. The van der Waals surface area contributed by atoms with Gasteiger partial charge in [0.1, 0.15) is 5.75 Å². The summed E-state index contributed by atoms with van der Waals surface area (Å²) in [6.45, 7) is 5.04. The summed E-state index contributed by atoms with van der Waals surface area (Å²) in [6.07, 6.45) is 0.942. The van der Waals surface area contributed by atoms with Crippen LogP contribution < -0.4 is 4.74 Å². The van der Waals surface area contributed by atoms with Gasteiger partial charge in [0.15, 0.2) is 0 Å². The Balaban J connectivity index is 3.00. The molecule has 1 rings (SSSR count). The van der Waals surface area contributed by atoms with E-state index in [1.807, 2.05) is 13.0 Å². The Morgan fingerprint density at radius 3 is 2.59 bits per heavy atom. The van der Waals surface area contributed by atoms with Crippen LogP contribution in [0.5, 0.6) is 5.75 Å². The maximum Gasteiger partial charge on any atom is 0.122 e. The highest BCUT2D eigenvalue weighted by Crippen LogP contribution is 2.31. The molecule has 0 unspecified atom stereocenters. The van der Waals surface area contributed by atoms with Crippen molar-refractivity contribution >= 4 is 27.5 Å². The molecule has 0 spiro atoms. The first-order chi connectivity index (χ1) is 8.01. The molecule has 0 aliphatic carbocycles. The molecule has 0 aliphatic heterocycles. The molecule has 1 aromatic rings. The van der Waals surface area contributed by atoms with E-state index in [0.29, 0.717) is 0 Å². The van der Waals surface area contributed by atoms with Crippen LogP contribution in [0.4, 0.5) is 0 Å². The van der Waals surface area contributed by atoms with Gasteiger partial charge < -0.3 is 4.74 Å². The number of halogens is 2. The molecule has 0 amide bonds. The Hall–Kier alpha value is -0.250. The summed E-state index contributed by atoms with van der Waals surface area (Å²) in [7, 11) is 3.78. The van der Waals surface area contributed by atoms with Crippen molar-refractivity contribution in [3.63, 3.8) is 0 Å². The van der Waals surface area contributed by atoms with Gasteiger partial charge >= 0.3 is 0 Å². The fourth-order valence-electron chi connectivity index (χ4n) is 1.82. The van der Waals surface area contributed by atoms with Crippen molar-refractivity contribution in [3.05, 3.63) is 27.8 Å². The van der Waals surface area contributed by atoms with Crippen molar-refractivity contribution in [2.75, 3.05) is 26.2 Å². The van der Waals surface area contributed by atoms with E-state index < -0.39 is 0 Å². The van der Waals surface area contributed by atoms with Crippen LogP contribution in [0.1, 0.15) is 16.7 Å². The lowest BCUT2D eigenvalue weighted by molar-refractivity contribution is 0.385. The summed E-state index contributed by atoms with van der Waals surface area (Å²) < 4.78 is 5.44. The summed E-state index contributed by atoms with van der Waals surface area (Å²) in [5, 5.41) is 0.849. The fourth-order valence-corrected chi connectivity index (χ4v) is 2.23. The zero-order valence-corrected chi connectivity index (χ0v) is 13.2. The van der Waals surface area contributed by atoms with Crippen LogP contribution in [-0.2, 0) is 6.42 Å². The van der Waals surface area contributed by atoms with Crippen LogP contribution >= 0.6 is 27.5 Å².